The van der Waals surface area contributed by atoms with Crippen LogP contribution in [0.2, 0.25) is 0 Å². The molecule has 4 saturated heterocycles. The zero-order valence-electron chi connectivity index (χ0n) is 17.5. The van der Waals surface area contributed by atoms with Crippen LogP contribution < -0.4 is 5.32 Å². The summed E-state index contributed by atoms with van der Waals surface area (Å²) in [5, 5.41) is 26.9. The summed E-state index contributed by atoms with van der Waals surface area (Å²) in [5.41, 5.74) is 2.30. The summed E-state index contributed by atoms with van der Waals surface area (Å²) < 4.78 is 0. The Morgan fingerprint density at radius 3 is 2.61 bits per heavy atom. The number of fused-ring (bicyclic) bond motifs is 6. The van der Waals surface area contributed by atoms with Crippen LogP contribution in [0.1, 0.15) is 11.1 Å². The van der Waals surface area contributed by atoms with Crippen LogP contribution >= 0.6 is 21.6 Å². The largest absolute Gasteiger partial charge is 0.392 e. The molecule has 4 fully saturated rings. The second kappa shape index (κ2) is 6.06. The fraction of sp³-hybridized carbons (Fsp3) is 0.304. The molecule has 0 saturated carbocycles. The highest BCUT2D eigenvalue weighted by Crippen LogP contribution is 2.69. The number of carbonyl (C=O) groups is 2. The first kappa shape index (κ1) is 19.8. The third kappa shape index (κ3) is 1.87. The second-order valence-corrected chi connectivity index (χ2v) is 11.6. The first-order chi connectivity index (χ1) is 15.9. The summed E-state index contributed by atoms with van der Waals surface area (Å²) >= 11 is 0. The van der Waals surface area contributed by atoms with Crippen LogP contribution in [0.4, 0.5) is 5.69 Å². The van der Waals surface area contributed by atoms with Gasteiger partial charge in [-0.3, -0.25) is 14.5 Å². The topological polar surface area (TPSA) is 109 Å². The molecule has 168 valence electrons. The van der Waals surface area contributed by atoms with Crippen LogP contribution in [-0.2, 0) is 15.0 Å². The SMILES string of the molecule is CN1C(=O)[C@]23SS[C@@]1(CO)C(=O)N2[C@H]1Nc2ccccc2C1(c1c[nH]c2ccccc12)[C@@H]3O. The minimum atomic E-state index is -1.52. The Balaban J connectivity index is 1.58. The van der Waals surface area contributed by atoms with Gasteiger partial charge < -0.3 is 25.4 Å². The molecule has 2 bridgehead atoms. The van der Waals surface area contributed by atoms with Gasteiger partial charge in [0.25, 0.3) is 11.8 Å². The van der Waals surface area contributed by atoms with Gasteiger partial charge in [0.1, 0.15) is 12.3 Å². The summed E-state index contributed by atoms with van der Waals surface area (Å²) in [7, 11) is 3.87. The van der Waals surface area contributed by atoms with E-state index in [1.54, 1.807) is 0 Å². The van der Waals surface area contributed by atoms with Crippen LogP contribution in [0.3, 0.4) is 0 Å². The number of aromatic amines is 1. The van der Waals surface area contributed by atoms with Crippen molar-refractivity contribution in [3.63, 3.8) is 0 Å². The van der Waals surface area contributed by atoms with Crippen LogP contribution in [0.25, 0.3) is 10.9 Å². The zero-order valence-corrected chi connectivity index (χ0v) is 19.1. The molecule has 8 rings (SSSR count). The molecule has 10 heteroatoms. The van der Waals surface area contributed by atoms with E-state index in [0.29, 0.717) is 0 Å². The van der Waals surface area contributed by atoms with Crippen LogP contribution in [0.5, 0.6) is 0 Å². The monoisotopic (exact) mass is 480 g/mol. The summed E-state index contributed by atoms with van der Waals surface area (Å²) in [6.07, 6.45) is -0.0582. The van der Waals surface area contributed by atoms with Crippen LogP contribution in [-0.4, -0.2) is 72.5 Å². The molecule has 1 spiro atoms. The van der Waals surface area contributed by atoms with Crippen LogP contribution in [0.15, 0.2) is 54.7 Å². The van der Waals surface area contributed by atoms with Gasteiger partial charge in [0.2, 0.25) is 9.74 Å². The van der Waals surface area contributed by atoms with Crippen LogP contribution in [0, 0.1) is 0 Å². The lowest BCUT2D eigenvalue weighted by molar-refractivity contribution is -0.169. The highest BCUT2D eigenvalue weighted by atomic mass is 33.1. The van der Waals surface area contributed by atoms with E-state index in [-0.39, 0.29) is 11.8 Å². The minimum absolute atomic E-state index is 0.373. The summed E-state index contributed by atoms with van der Waals surface area (Å²) in [6, 6.07) is 15.5. The Morgan fingerprint density at radius 2 is 1.79 bits per heavy atom. The van der Waals surface area contributed by atoms with Crippen molar-refractivity contribution in [1.29, 1.82) is 0 Å². The number of rotatable bonds is 2. The first-order valence-corrected chi connectivity index (χ1v) is 12.8. The lowest BCUT2D eigenvalue weighted by Gasteiger charge is -2.58. The van der Waals surface area contributed by atoms with Crippen molar-refractivity contribution in [2.75, 3.05) is 19.0 Å². The molecule has 0 radical (unpaired) electrons. The summed E-state index contributed by atoms with van der Waals surface area (Å²) in [6.45, 7) is -0.506. The third-order valence-electron chi connectivity index (χ3n) is 7.78. The van der Waals surface area contributed by atoms with Crippen molar-refractivity contribution < 1.29 is 19.8 Å². The molecule has 5 aliphatic heterocycles. The summed E-state index contributed by atoms with van der Waals surface area (Å²) in [4.78, 5) is 31.0. The molecular formula is C23H20N4O4S2. The standard InChI is InChI=1S/C23H20N4O4S2/c1-26-20(31)23-17(29)22(14-10-24-15-8-4-2-6-12(14)15)13-7-3-5-9-16(13)25-18(22)27(23)19(30)21(26,11-28)32-33-23/h2-10,17-18,24-25,28-29H,11H2,1H3/t17-,18+,21-,22?,23-/m0/s1. The quantitative estimate of drug-likeness (QED) is 0.413. The smallest absolute Gasteiger partial charge is 0.265 e. The molecule has 33 heavy (non-hydrogen) atoms. The lowest BCUT2D eigenvalue weighted by Crippen LogP contribution is -2.79. The second-order valence-electron chi connectivity index (χ2n) is 8.96. The van der Waals surface area contributed by atoms with E-state index in [0.717, 1.165) is 38.5 Å². The van der Waals surface area contributed by atoms with E-state index in [1.807, 2.05) is 54.7 Å². The predicted octanol–water partition coefficient (Wildman–Crippen LogP) is 1.66. The van der Waals surface area contributed by atoms with Crippen molar-refractivity contribution >= 4 is 50.0 Å². The van der Waals surface area contributed by atoms with E-state index in [1.165, 1.54) is 27.6 Å². The van der Waals surface area contributed by atoms with Crippen molar-refractivity contribution in [3.05, 3.63) is 65.9 Å². The van der Waals surface area contributed by atoms with Crippen molar-refractivity contribution in [2.45, 2.75) is 27.4 Å². The van der Waals surface area contributed by atoms with Crippen molar-refractivity contribution in [3.8, 4) is 0 Å². The number of likely N-dealkylation sites (N-methyl/N-ethyl adjacent to an activating group) is 1. The van der Waals surface area contributed by atoms with E-state index >= 15 is 0 Å². The molecule has 2 aromatic carbocycles. The van der Waals surface area contributed by atoms with E-state index in [4.69, 9.17) is 0 Å². The molecular weight excluding hydrogens is 460 g/mol. The molecule has 6 heterocycles. The number of para-hydroxylation sites is 2. The number of nitrogens with one attached hydrogen (secondary N) is 2. The Kier molecular flexibility index (Phi) is 3.63. The molecule has 4 N–H and O–H groups in total. The van der Waals surface area contributed by atoms with Gasteiger partial charge in [-0.2, -0.15) is 0 Å². The van der Waals surface area contributed by atoms with E-state index < -0.39 is 34.0 Å². The molecule has 2 amide bonds. The van der Waals surface area contributed by atoms with Gasteiger partial charge in [-0.15, -0.1) is 0 Å². The van der Waals surface area contributed by atoms with Gasteiger partial charge in [-0.25, -0.2) is 0 Å². The average molecular weight is 481 g/mol. The lowest BCUT2D eigenvalue weighted by atomic mass is 9.70. The number of anilines is 1. The Morgan fingerprint density at radius 1 is 1.03 bits per heavy atom. The maximum atomic E-state index is 14.0. The minimum Gasteiger partial charge on any atom is -0.392 e. The number of aliphatic hydroxyl groups excluding tert-OH is 2. The highest BCUT2D eigenvalue weighted by Gasteiger charge is 2.82. The predicted molar refractivity (Wildman–Crippen MR) is 126 cm³/mol. The molecule has 5 aliphatic rings. The maximum absolute atomic E-state index is 14.0. The molecule has 0 aliphatic carbocycles. The van der Waals surface area contributed by atoms with Gasteiger partial charge in [-0.05, 0) is 44.8 Å². The number of benzene rings is 2. The van der Waals surface area contributed by atoms with E-state index in [9.17, 15) is 19.8 Å². The van der Waals surface area contributed by atoms with Crippen molar-refractivity contribution in [1.82, 2.24) is 14.8 Å². The van der Waals surface area contributed by atoms with Gasteiger partial charge in [0, 0.05) is 29.8 Å². The van der Waals surface area contributed by atoms with Gasteiger partial charge in [0.15, 0.2) is 0 Å². The van der Waals surface area contributed by atoms with Gasteiger partial charge in [-0.1, -0.05) is 36.4 Å². The number of carbonyl (C=O) groups excluding carboxylic acids is 2. The molecule has 5 atom stereocenters. The Hall–Kier alpha value is -2.66. The first-order valence-electron chi connectivity index (χ1n) is 10.6. The molecule has 3 aromatic rings. The number of H-pyrrole nitrogens is 1. The van der Waals surface area contributed by atoms with Gasteiger partial charge >= 0.3 is 0 Å². The number of hydrogen-bond acceptors (Lipinski definition) is 7. The Bertz CT molecular complexity index is 1380. The van der Waals surface area contributed by atoms with E-state index in [2.05, 4.69) is 10.3 Å². The van der Waals surface area contributed by atoms with Gasteiger partial charge in [0.05, 0.1) is 12.0 Å². The molecule has 1 unspecified atom stereocenters. The highest BCUT2D eigenvalue weighted by molar-refractivity contribution is 8.78. The average Bonchev–Trinajstić information content (AvgIpc) is 3.47. The number of amides is 2. The third-order valence-corrected chi connectivity index (χ3v) is 11.4. The number of nitrogens with zero attached hydrogens (tertiary/aromatic N) is 2. The number of hydrogen-bond donors (Lipinski definition) is 4. The Labute approximate surface area is 196 Å². The fourth-order valence-electron chi connectivity index (χ4n) is 6.20. The normalized spacial score (nSPS) is 36.2. The number of piperazine rings is 1. The van der Waals surface area contributed by atoms with Crippen molar-refractivity contribution in [2.24, 2.45) is 0 Å². The number of aromatic nitrogens is 1. The maximum Gasteiger partial charge on any atom is 0.265 e. The fourth-order valence-corrected chi connectivity index (χ4v) is 9.86. The summed E-state index contributed by atoms with van der Waals surface area (Å²) in [5.74, 6) is -0.748. The molecule has 8 nitrogen and oxygen atoms in total. The number of aliphatic hydroxyl groups is 2. The molecule has 1 aromatic heterocycles. The zero-order chi connectivity index (χ0) is 22.8.